The van der Waals surface area contributed by atoms with Crippen LogP contribution in [0.25, 0.3) is 5.69 Å². The van der Waals surface area contributed by atoms with Crippen LogP contribution in [0.15, 0.2) is 52.4 Å². The number of hydrogen-bond donors (Lipinski definition) is 1. The number of aromatic nitrogens is 3. The first-order valence-corrected chi connectivity index (χ1v) is 8.42. The Kier molecular flexibility index (Phi) is 4.71. The minimum atomic E-state index is -0.332. The van der Waals surface area contributed by atoms with Crippen LogP contribution in [0.5, 0.6) is 0 Å². The molecular weight excluding hydrogens is 324 g/mol. The number of nitrogens with one attached hydrogen (secondary N) is 1. The maximum absolute atomic E-state index is 12.3. The largest absolute Gasteiger partial charge is 0.338 e. The SMILES string of the molecule is Cc1cccc(-n2ccnc2SC(C)C(=O)Nc2cc(C)no2)c1. The molecule has 0 aliphatic heterocycles. The second-order valence-corrected chi connectivity index (χ2v) is 6.81. The molecule has 1 atom stereocenters. The van der Waals surface area contributed by atoms with Crippen molar-refractivity contribution in [1.82, 2.24) is 14.7 Å². The summed E-state index contributed by atoms with van der Waals surface area (Å²) in [5.41, 5.74) is 2.91. The average Bonchev–Trinajstić information content (AvgIpc) is 3.16. The highest BCUT2D eigenvalue weighted by Gasteiger charge is 2.19. The maximum atomic E-state index is 12.3. The van der Waals surface area contributed by atoms with Gasteiger partial charge in [-0.1, -0.05) is 29.1 Å². The molecule has 0 bridgehead atoms. The Morgan fingerprint density at radius 2 is 2.17 bits per heavy atom. The van der Waals surface area contributed by atoms with Crippen LogP contribution >= 0.6 is 11.8 Å². The summed E-state index contributed by atoms with van der Waals surface area (Å²) < 4.78 is 6.99. The van der Waals surface area contributed by atoms with Gasteiger partial charge in [0.2, 0.25) is 11.8 Å². The lowest BCUT2D eigenvalue weighted by Crippen LogP contribution is -2.22. The van der Waals surface area contributed by atoms with Gasteiger partial charge in [-0.25, -0.2) is 4.98 Å². The predicted molar refractivity (Wildman–Crippen MR) is 93.5 cm³/mol. The van der Waals surface area contributed by atoms with Crippen molar-refractivity contribution in [3.8, 4) is 5.69 Å². The Hall–Kier alpha value is -2.54. The molecule has 1 aromatic carbocycles. The number of benzene rings is 1. The molecule has 0 aliphatic carbocycles. The number of thioether (sulfide) groups is 1. The first-order chi connectivity index (χ1) is 11.5. The molecule has 0 spiro atoms. The standard InChI is InChI=1S/C17H18N4O2S/c1-11-5-4-6-14(9-11)21-8-7-18-17(21)24-13(3)16(22)19-15-10-12(2)20-23-15/h4-10,13H,1-3H3,(H,19,22). The topological polar surface area (TPSA) is 73.0 Å². The monoisotopic (exact) mass is 342 g/mol. The number of aryl methyl sites for hydroxylation is 2. The summed E-state index contributed by atoms with van der Waals surface area (Å²) in [6.07, 6.45) is 3.62. The fraction of sp³-hybridized carbons (Fsp3) is 0.235. The summed E-state index contributed by atoms with van der Waals surface area (Å²) >= 11 is 1.39. The number of carbonyl (C=O) groups excluding carboxylic acids is 1. The zero-order valence-electron chi connectivity index (χ0n) is 13.7. The molecule has 3 rings (SSSR count). The second-order valence-electron chi connectivity index (χ2n) is 5.50. The van der Waals surface area contributed by atoms with E-state index in [1.807, 2.05) is 42.8 Å². The van der Waals surface area contributed by atoms with Crippen LogP contribution in [0.3, 0.4) is 0 Å². The molecule has 7 heteroatoms. The molecule has 2 heterocycles. The molecule has 0 saturated heterocycles. The third kappa shape index (κ3) is 3.68. The Balaban J connectivity index is 1.72. The van der Waals surface area contributed by atoms with Crippen molar-refractivity contribution in [3.05, 3.63) is 54.0 Å². The molecule has 1 N–H and O–H groups in total. The zero-order valence-corrected chi connectivity index (χ0v) is 14.5. The van der Waals surface area contributed by atoms with E-state index in [0.717, 1.165) is 16.5 Å². The first kappa shape index (κ1) is 16.3. The summed E-state index contributed by atoms with van der Waals surface area (Å²) in [6, 6.07) is 9.82. The van der Waals surface area contributed by atoms with E-state index in [2.05, 4.69) is 21.5 Å². The number of nitrogens with zero attached hydrogens (tertiary/aromatic N) is 3. The number of hydrogen-bond acceptors (Lipinski definition) is 5. The third-order valence-electron chi connectivity index (χ3n) is 3.41. The van der Waals surface area contributed by atoms with Gasteiger partial charge in [0.15, 0.2) is 5.16 Å². The van der Waals surface area contributed by atoms with Gasteiger partial charge in [0.1, 0.15) is 0 Å². The quantitative estimate of drug-likeness (QED) is 0.717. The number of imidazole rings is 1. The number of anilines is 1. The first-order valence-electron chi connectivity index (χ1n) is 7.54. The Morgan fingerprint density at radius 1 is 1.33 bits per heavy atom. The molecule has 0 radical (unpaired) electrons. The van der Waals surface area contributed by atoms with Crippen LogP contribution in [0.2, 0.25) is 0 Å². The number of carbonyl (C=O) groups is 1. The third-order valence-corrected chi connectivity index (χ3v) is 4.49. The van der Waals surface area contributed by atoms with Crippen LogP contribution < -0.4 is 5.32 Å². The van der Waals surface area contributed by atoms with E-state index in [9.17, 15) is 4.79 Å². The van der Waals surface area contributed by atoms with Crippen LogP contribution in [-0.4, -0.2) is 25.9 Å². The van der Waals surface area contributed by atoms with Gasteiger partial charge < -0.3 is 4.52 Å². The Bertz CT molecular complexity index is 856. The summed E-state index contributed by atoms with van der Waals surface area (Å²) in [5, 5.41) is 6.90. The fourth-order valence-electron chi connectivity index (χ4n) is 2.21. The lowest BCUT2D eigenvalue weighted by Gasteiger charge is -2.12. The normalized spacial score (nSPS) is 12.1. The van der Waals surface area contributed by atoms with Crippen LogP contribution in [0, 0.1) is 13.8 Å². The Labute approximate surface area is 144 Å². The van der Waals surface area contributed by atoms with E-state index in [1.165, 1.54) is 17.3 Å². The highest BCUT2D eigenvalue weighted by atomic mass is 32.2. The van der Waals surface area contributed by atoms with Crippen molar-refractivity contribution in [1.29, 1.82) is 0 Å². The van der Waals surface area contributed by atoms with Crippen molar-refractivity contribution in [2.24, 2.45) is 0 Å². The van der Waals surface area contributed by atoms with Gasteiger partial charge in [-0.2, -0.15) is 0 Å². The lowest BCUT2D eigenvalue weighted by atomic mass is 10.2. The molecule has 2 aromatic heterocycles. The second kappa shape index (κ2) is 6.92. The van der Waals surface area contributed by atoms with E-state index in [-0.39, 0.29) is 11.2 Å². The molecule has 0 fully saturated rings. The minimum absolute atomic E-state index is 0.157. The van der Waals surface area contributed by atoms with Crippen LogP contribution in [0.4, 0.5) is 5.88 Å². The molecule has 24 heavy (non-hydrogen) atoms. The molecule has 1 amide bonds. The number of rotatable bonds is 5. The zero-order chi connectivity index (χ0) is 17.1. The molecule has 124 valence electrons. The maximum Gasteiger partial charge on any atom is 0.240 e. The predicted octanol–water partition coefficient (Wildman–Crippen LogP) is 3.60. The van der Waals surface area contributed by atoms with E-state index in [4.69, 9.17) is 4.52 Å². The summed E-state index contributed by atoms with van der Waals surface area (Å²) in [5.74, 6) is 0.196. The highest BCUT2D eigenvalue weighted by Crippen LogP contribution is 2.25. The van der Waals surface area contributed by atoms with Gasteiger partial charge in [0.05, 0.1) is 10.9 Å². The molecular formula is C17H18N4O2S. The average molecular weight is 342 g/mol. The van der Waals surface area contributed by atoms with Gasteiger partial charge in [-0.15, -0.1) is 0 Å². The van der Waals surface area contributed by atoms with E-state index in [1.54, 1.807) is 19.2 Å². The van der Waals surface area contributed by atoms with E-state index >= 15 is 0 Å². The van der Waals surface area contributed by atoms with Gasteiger partial charge in [-0.3, -0.25) is 14.7 Å². The Morgan fingerprint density at radius 3 is 2.88 bits per heavy atom. The highest BCUT2D eigenvalue weighted by molar-refractivity contribution is 8.00. The summed E-state index contributed by atoms with van der Waals surface area (Å²) in [7, 11) is 0. The molecule has 3 aromatic rings. The van der Waals surface area contributed by atoms with Gasteiger partial charge >= 0.3 is 0 Å². The lowest BCUT2D eigenvalue weighted by molar-refractivity contribution is -0.115. The van der Waals surface area contributed by atoms with Crippen LogP contribution in [0.1, 0.15) is 18.2 Å². The molecule has 0 saturated carbocycles. The van der Waals surface area contributed by atoms with Crippen molar-refractivity contribution in [3.63, 3.8) is 0 Å². The smallest absolute Gasteiger partial charge is 0.240 e. The van der Waals surface area contributed by atoms with Gasteiger partial charge in [0.25, 0.3) is 0 Å². The van der Waals surface area contributed by atoms with Crippen molar-refractivity contribution in [2.45, 2.75) is 31.2 Å². The molecule has 1 unspecified atom stereocenters. The summed E-state index contributed by atoms with van der Waals surface area (Å²) in [6.45, 7) is 5.68. The minimum Gasteiger partial charge on any atom is -0.338 e. The van der Waals surface area contributed by atoms with Gasteiger partial charge in [0, 0.05) is 24.1 Å². The van der Waals surface area contributed by atoms with E-state index in [0.29, 0.717) is 5.88 Å². The number of amides is 1. The molecule has 0 aliphatic rings. The van der Waals surface area contributed by atoms with Crippen molar-refractivity contribution >= 4 is 23.6 Å². The van der Waals surface area contributed by atoms with Crippen molar-refractivity contribution in [2.75, 3.05) is 5.32 Å². The fourth-order valence-corrected chi connectivity index (χ4v) is 3.09. The van der Waals surface area contributed by atoms with E-state index < -0.39 is 0 Å². The van der Waals surface area contributed by atoms with Crippen molar-refractivity contribution < 1.29 is 9.32 Å². The summed E-state index contributed by atoms with van der Waals surface area (Å²) in [4.78, 5) is 16.7. The molecule has 6 nitrogen and oxygen atoms in total. The van der Waals surface area contributed by atoms with Gasteiger partial charge in [-0.05, 0) is 38.5 Å². The van der Waals surface area contributed by atoms with Crippen LogP contribution in [-0.2, 0) is 4.79 Å².